The third kappa shape index (κ3) is 3.75. The van der Waals surface area contributed by atoms with E-state index < -0.39 is 0 Å². The Labute approximate surface area is 138 Å². The van der Waals surface area contributed by atoms with Crippen LogP contribution in [0.15, 0.2) is 4.52 Å². The van der Waals surface area contributed by atoms with Gasteiger partial charge in [0.15, 0.2) is 0 Å². The smallest absolute Gasteiger partial charge is 0.234 e. The Hall–Kier alpha value is -1.40. The minimum absolute atomic E-state index is 0.150. The van der Waals surface area contributed by atoms with Crippen molar-refractivity contribution in [2.45, 2.75) is 46.2 Å². The van der Waals surface area contributed by atoms with E-state index in [4.69, 9.17) is 4.52 Å². The Morgan fingerprint density at radius 2 is 2.13 bits per heavy atom. The Morgan fingerprint density at radius 1 is 1.30 bits per heavy atom. The van der Waals surface area contributed by atoms with Crippen molar-refractivity contribution in [2.75, 3.05) is 32.7 Å². The maximum Gasteiger partial charge on any atom is 0.234 e. The van der Waals surface area contributed by atoms with Crippen LogP contribution in [-0.2, 0) is 11.3 Å². The lowest BCUT2D eigenvalue weighted by molar-refractivity contribution is -0.123. The van der Waals surface area contributed by atoms with Crippen LogP contribution in [0.2, 0.25) is 0 Å². The fourth-order valence-corrected chi connectivity index (χ4v) is 3.99. The minimum atomic E-state index is 0.150. The molecule has 128 valence electrons. The van der Waals surface area contributed by atoms with Crippen molar-refractivity contribution in [2.24, 2.45) is 5.92 Å². The number of likely N-dealkylation sites (N-methyl/N-ethyl adjacent to an activating group) is 1. The Balaban J connectivity index is 1.65. The van der Waals surface area contributed by atoms with Gasteiger partial charge in [-0.25, -0.2) is 0 Å². The van der Waals surface area contributed by atoms with Crippen LogP contribution in [0.25, 0.3) is 0 Å². The zero-order chi connectivity index (χ0) is 16.4. The number of fused-ring (bicyclic) bond motifs is 4. The molecule has 2 atom stereocenters. The van der Waals surface area contributed by atoms with E-state index >= 15 is 0 Å². The number of carbonyl (C=O) groups is 1. The normalized spacial score (nSPS) is 25.5. The van der Waals surface area contributed by atoms with E-state index in [-0.39, 0.29) is 5.91 Å². The minimum Gasteiger partial charge on any atom is -0.361 e. The summed E-state index contributed by atoms with van der Waals surface area (Å²) >= 11 is 0. The van der Waals surface area contributed by atoms with E-state index in [0.29, 0.717) is 25.0 Å². The van der Waals surface area contributed by atoms with E-state index in [9.17, 15) is 4.79 Å². The monoisotopic (exact) mass is 320 g/mol. The molecule has 0 unspecified atom stereocenters. The number of hydrogen-bond donors (Lipinski definition) is 1. The van der Waals surface area contributed by atoms with Gasteiger partial charge in [-0.15, -0.1) is 0 Å². The van der Waals surface area contributed by atoms with E-state index in [2.05, 4.69) is 20.3 Å². The average molecular weight is 320 g/mol. The second-order valence-corrected chi connectivity index (χ2v) is 6.98. The summed E-state index contributed by atoms with van der Waals surface area (Å²) in [6.07, 6.45) is 2.47. The molecule has 23 heavy (non-hydrogen) atoms. The van der Waals surface area contributed by atoms with Gasteiger partial charge in [-0.3, -0.25) is 14.6 Å². The first kappa shape index (κ1) is 16.5. The fourth-order valence-electron chi connectivity index (χ4n) is 3.99. The molecule has 0 spiro atoms. The predicted molar refractivity (Wildman–Crippen MR) is 88.0 cm³/mol. The van der Waals surface area contributed by atoms with Crippen LogP contribution in [-0.4, -0.2) is 59.6 Å². The number of carbonyl (C=O) groups excluding carboxylic acids is 1. The highest BCUT2D eigenvalue weighted by atomic mass is 16.5. The van der Waals surface area contributed by atoms with Gasteiger partial charge in [-0.05, 0) is 39.5 Å². The molecule has 0 saturated carbocycles. The lowest BCUT2D eigenvalue weighted by Crippen LogP contribution is -2.48. The molecule has 3 fully saturated rings. The first-order valence-electron chi connectivity index (χ1n) is 8.71. The van der Waals surface area contributed by atoms with Crippen LogP contribution in [0, 0.1) is 19.8 Å². The zero-order valence-electron chi connectivity index (χ0n) is 14.5. The molecule has 1 aromatic heterocycles. The Bertz CT molecular complexity index is 537. The summed E-state index contributed by atoms with van der Waals surface area (Å²) in [6.45, 7) is 11.3. The van der Waals surface area contributed by atoms with Crippen molar-refractivity contribution in [3.63, 3.8) is 0 Å². The van der Waals surface area contributed by atoms with Crippen LogP contribution in [0.3, 0.4) is 0 Å². The van der Waals surface area contributed by atoms with Crippen molar-refractivity contribution < 1.29 is 9.32 Å². The number of piperidine rings is 1. The number of aryl methyl sites for hydroxylation is 2. The van der Waals surface area contributed by atoms with Crippen LogP contribution in [0.1, 0.15) is 36.8 Å². The summed E-state index contributed by atoms with van der Waals surface area (Å²) in [4.78, 5) is 16.8. The molecular formula is C17H28N4O2. The van der Waals surface area contributed by atoms with Crippen LogP contribution in [0.4, 0.5) is 0 Å². The molecule has 6 nitrogen and oxygen atoms in total. The lowest BCUT2D eigenvalue weighted by atomic mass is 9.95. The largest absolute Gasteiger partial charge is 0.361 e. The van der Waals surface area contributed by atoms with Crippen LogP contribution in [0.5, 0.6) is 0 Å². The number of hydrogen-bond acceptors (Lipinski definition) is 5. The van der Waals surface area contributed by atoms with Gasteiger partial charge in [-0.2, -0.15) is 0 Å². The summed E-state index contributed by atoms with van der Waals surface area (Å²) in [5.41, 5.74) is 2.22. The maximum atomic E-state index is 11.9. The van der Waals surface area contributed by atoms with Crippen LogP contribution < -0.4 is 5.32 Å². The molecule has 3 saturated heterocycles. The molecule has 6 heteroatoms. The van der Waals surface area contributed by atoms with Gasteiger partial charge in [0.1, 0.15) is 5.76 Å². The van der Waals surface area contributed by atoms with E-state index in [1.54, 1.807) is 0 Å². The van der Waals surface area contributed by atoms with E-state index in [1.165, 1.54) is 18.4 Å². The molecule has 4 heterocycles. The quantitative estimate of drug-likeness (QED) is 0.887. The average Bonchev–Trinajstić information content (AvgIpc) is 2.69. The van der Waals surface area contributed by atoms with Gasteiger partial charge in [0.05, 0.1) is 12.2 Å². The van der Waals surface area contributed by atoms with Gasteiger partial charge in [-0.1, -0.05) is 5.16 Å². The first-order chi connectivity index (χ1) is 11.1. The standard InChI is InChI=1S/C17H28N4O2/c1-4-18-17(22)11-21-8-14-5-6-15(21)9-20(7-14)10-16-12(2)19-23-13(16)3/h14-15H,4-11H2,1-3H3,(H,18,22)/t14-,15+/m1/s1. The van der Waals surface area contributed by atoms with Crippen LogP contribution >= 0.6 is 0 Å². The van der Waals surface area contributed by atoms with Gasteiger partial charge >= 0.3 is 0 Å². The highest BCUT2D eigenvalue weighted by Crippen LogP contribution is 2.29. The predicted octanol–water partition coefficient (Wildman–Crippen LogP) is 1.32. The summed E-state index contributed by atoms with van der Waals surface area (Å²) < 4.78 is 5.30. The highest BCUT2D eigenvalue weighted by molar-refractivity contribution is 5.78. The van der Waals surface area contributed by atoms with E-state index in [0.717, 1.165) is 37.6 Å². The molecule has 3 aliphatic rings. The molecule has 4 rings (SSSR count). The first-order valence-corrected chi connectivity index (χ1v) is 8.71. The summed E-state index contributed by atoms with van der Waals surface area (Å²) in [5, 5.41) is 6.99. The fraction of sp³-hybridized carbons (Fsp3) is 0.765. The zero-order valence-corrected chi connectivity index (χ0v) is 14.5. The second kappa shape index (κ2) is 7.01. The maximum absolute atomic E-state index is 11.9. The number of aromatic nitrogens is 1. The number of amides is 1. The number of rotatable bonds is 5. The molecular weight excluding hydrogens is 292 g/mol. The van der Waals surface area contributed by atoms with Crippen molar-refractivity contribution >= 4 is 5.91 Å². The number of nitrogens with one attached hydrogen (secondary N) is 1. The van der Waals surface area contributed by atoms with Gasteiger partial charge in [0, 0.05) is 44.3 Å². The molecule has 1 amide bonds. The molecule has 1 aromatic rings. The van der Waals surface area contributed by atoms with Gasteiger partial charge in [0.2, 0.25) is 5.91 Å². The van der Waals surface area contributed by atoms with Crippen molar-refractivity contribution in [3.05, 3.63) is 17.0 Å². The van der Waals surface area contributed by atoms with Crippen molar-refractivity contribution in [1.29, 1.82) is 0 Å². The number of nitrogens with zero attached hydrogens (tertiary/aromatic N) is 3. The SMILES string of the molecule is CCNC(=O)CN1C[C@@H]2CC[C@H]1CN(Cc1c(C)noc1C)C2. The molecule has 0 aromatic carbocycles. The highest BCUT2D eigenvalue weighted by Gasteiger charge is 2.35. The molecule has 1 N–H and O–H groups in total. The summed E-state index contributed by atoms with van der Waals surface area (Å²) in [5.74, 6) is 1.74. The summed E-state index contributed by atoms with van der Waals surface area (Å²) in [6, 6.07) is 0.483. The Kier molecular flexibility index (Phi) is 5.02. The summed E-state index contributed by atoms with van der Waals surface area (Å²) in [7, 11) is 0. The molecule has 3 aliphatic heterocycles. The van der Waals surface area contributed by atoms with Gasteiger partial charge in [0.25, 0.3) is 0 Å². The van der Waals surface area contributed by atoms with Crippen molar-refractivity contribution in [1.82, 2.24) is 20.3 Å². The van der Waals surface area contributed by atoms with Crippen molar-refractivity contribution in [3.8, 4) is 0 Å². The molecule has 0 aliphatic carbocycles. The third-order valence-electron chi connectivity index (χ3n) is 5.19. The molecule has 0 radical (unpaired) electrons. The topological polar surface area (TPSA) is 61.6 Å². The second-order valence-electron chi connectivity index (χ2n) is 6.98. The lowest BCUT2D eigenvalue weighted by Gasteiger charge is -2.35. The van der Waals surface area contributed by atoms with E-state index in [1.807, 2.05) is 20.8 Å². The third-order valence-corrected chi connectivity index (χ3v) is 5.19. The Morgan fingerprint density at radius 3 is 2.83 bits per heavy atom. The van der Waals surface area contributed by atoms with Gasteiger partial charge < -0.3 is 9.84 Å². The molecule has 2 bridgehead atoms.